The molecule has 0 saturated carbocycles. The number of nitrogens with zero attached hydrogens (tertiary/aromatic N) is 2. The molecule has 1 heterocycles. The van der Waals surface area contributed by atoms with Crippen molar-refractivity contribution in [2.45, 2.75) is 6.61 Å². The van der Waals surface area contributed by atoms with Gasteiger partial charge in [0.2, 0.25) is 0 Å². The average Bonchev–Trinajstić information content (AvgIpc) is 2.46. The minimum Gasteiger partial charge on any atom is -0.444 e. The third kappa shape index (κ3) is 4.08. The molecule has 1 aromatic heterocycles. The van der Waals surface area contributed by atoms with Crippen molar-refractivity contribution in [1.82, 2.24) is 9.97 Å². The van der Waals surface area contributed by atoms with Crippen LogP contribution in [-0.2, 0) is 11.3 Å². The van der Waals surface area contributed by atoms with Crippen molar-refractivity contribution in [1.29, 1.82) is 0 Å². The predicted octanol–water partition coefficient (Wildman–Crippen LogP) is 2.80. The summed E-state index contributed by atoms with van der Waals surface area (Å²) in [6, 6.07) is 9.03. The average molecular weight is 306 g/mol. The number of rotatable bonds is 4. The van der Waals surface area contributed by atoms with Crippen LogP contribution in [0, 0.1) is 14.9 Å². The molecule has 1 aromatic carbocycles. The Morgan fingerprint density at radius 2 is 2.14 bits per heavy atom. The van der Waals surface area contributed by atoms with E-state index in [1.807, 2.05) is 18.2 Å². The fourth-order valence-electron chi connectivity index (χ4n) is 1.48. The minimum absolute atomic E-state index is 0.0129. The van der Waals surface area contributed by atoms with Crippen LogP contribution < -0.4 is 5.32 Å². The maximum Gasteiger partial charge on any atom is 0.413 e. The molecule has 108 valence electrons. The normalized spacial score (nSPS) is 9.90. The summed E-state index contributed by atoms with van der Waals surface area (Å²) in [5, 5.41) is 13.1. The highest BCUT2D eigenvalue weighted by Crippen LogP contribution is 2.19. The van der Waals surface area contributed by atoms with E-state index in [0.717, 1.165) is 11.8 Å². The highest BCUT2D eigenvalue weighted by molar-refractivity contribution is 7.71. The smallest absolute Gasteiger partial charge is 0.413 e. The van der Waals surface area contributed by atoms with Crippen LogP contribution in [0.5, 0.6) is 0 Å². The number of benzene rings is 1. The molecular formula is C12H10N4O4S. The summed E-state index contributed by atoms with van der Waals surface area (Å²) in [5.41, 5.74) is 0.394. The SMILES string of the molecule is O=C(Nc1[nH]c(=S)ncc1[N+](=O)[O-])OCc1ccccc1. The lowest BCUT2D eigenvalue weighted by Crippen LogP contribution is -2.16. The largest absolute Gasteiger partial charge is 0.444 e. The zero-order chi connectivity index (χ0) is 15.2. The molecule has 0 aliphatic heterocycles. The van der Waals surface area contributed by atoms with E-state index in [4.69, 9.17) is 17.0 Å². The number of anilines is 1. The number of carbonyl (C=O) groups excluding carboxylic acids is 1. The van der Waals surface area contributed by atoms with Gasteiger partial charge in [-0.15, -0.1) is 0 Å². The fourth-order valence-corrected chi connectivity index (χ4v) is 1.64. The number of hydrogen-bond donors (Lipinski definition) is 2. The number of nitrogens with one attached hydrogen (secondary N) is 2. The van der Waals surface area contributed by atoms with E-state index in [9.17, 15) is 14.9 Å². The quantitative estimate of drug-likeness (QED) is 0.510. The highest BCUT2D eigenvalue weighted by atomic mass is 32.1. The van der Waals surface area contributed by atoms with Gasteiger partial charge in [0.25, 0.3) is 0 Å². The van der Waals surface area contributed by atoms with Crippen LogP contribution in [0.25, 0.3) is 0 Å². The van der Waals surface area contributed by atoms with Crippen LogP contribution in [0.3, 0.4) is 0 Å². The van der Waals surface area contributed by atoms with E-state index in [1.165, 1.54) is 0 Å². The number of H-pyrrole nitrogens is 1. The number of aromatic amines is 1. The van der Waals surface area contributed by atoms with Gasteiger partial charge in [-0.1, -0.05) is 30.3 Å². The first-order valence-electron chi connectivity index (χ1n) is 5.77. The van der Waals surface area contributed by atoms with Crippen LogP contribution in [0.1, 0.15) is 5.56 Å². The van der Waals surface area contributed by atoms with Crippen molar-refractivity contribution in [3.05, 3.63) is 57.0 Å². The Kier molecular flexibility index (Phi) is 4.57. The molecule has 9 heteroatoms. The summed E-state index contributed by atoms with van der Waals surface area (Å²) in [4.78, 5) is 27.8. The standard InChI is InChI=1S/C12H10N4O4S/c17-12(20-7-8-4-2-1-3-5-8)15-10-9(16(18)19)6-13-11(21)14-10/h1-6H,7H2,(H2,13,14,15,17,21). The molecular weight excluding hydrogens is 296 g/mol. The minimum atomic E-state index is -0.834. The van der Waals surface area contributed by atoms with Crippen LogP contribution in [0.4, 0.5) is 16.3 Å². The Balaban J connectivity index is 2.04. The number of amides is 1. The first-order chi connectivity index (χ1) is 10.1. The molecule has 0 saturated heterocycles. The second kappa shape index (κ2) is 6.57. The number of ether oxygens (including phenoxy) is 1. The molecule has 0 aliphatic rings. The summed E-state index contributed by atoms with van der Waals surface area (Å²) in [5.74, 6) is -0.168. The van der Waals surface area contributed by atoms with Crippen molar-refractivity contribution < 1.29 is 14.5 Å². The topological polar surface area (TPSA) is 110 Å². The molecule has 1 amide bonds. The van der Waals surface area contributed by atoms with Gasteiger partial charge in [0.05, 0.1) is 4.92 Å². The van der Waals surface area contributed by atoms with Gasteiger partial charge in [0.15, 0.2) is 10.6 Å². The van der Waals surface area contributed by atoms with Crippen molar-refractivity contribution in [2.75, 3.05) is 5.32 Å². The predicted molar refractivity (Wildman–Crippen MR) is 76.3 cm³/mol. The van der Waals surface area contributed by atoms with Crippen LogP contribution in [-0.4, -0.2) is 21.0 Å². The Morgan fingerprint density at radius 3 is 2.81 bits per heavy atom. The Morgan fingerprint density at radius 1 is 1.43 bits per heavy atom. The zero-order valence-corrected chi connectivity index (χ0v) is 11.4. The second-order valence-electron chi connectivity index (χ2n) is 3.89. The Labute approximate surface area is 123 Å². The summed E-state index contributed by atoms with van der Waals surface area (Å²) in [6.45, 7) is 0.0479. The van der Waals surface area contributed by atoms with E-state index in [-0.39, 0.29) is 17.2 Å². The molecule has 8 nitrogen and oxygen atoms in total. The van der Waals surface area contributed by atoms with Crippen LogP contribution in [0.15, 0.2) is 36.5 Å². The first-order valence-corrected chi connectivity index (χ1v) is 6.18. The summed E-state index contributed by atoms with van der Waals surface area (Å²) in [6.07, 6.45) is 0.129. The number of nitro groups is 1. The van der Waals surface area contributed by atoms with E-state index < -0.39 is 16.7 Å². The van der Waals surface area contributed by atoms with Crippen LogP contribution >= 0.6 is 12.2 Å². The Hall–Kier alpha value is -2.81. The Bertz CT molecular complexity index is 717. The van der Waals surface area contributed by atoms with Gasteiger partial charge in [0.1, 0.15) is 12.8 Å². The van der Waals surface area contributed by atoms with Crippen molar-refractivity contribution in [2.24, 2.45) is 0 Å². The molecule has 0 fully saturated rings. The maximum atomic E-state index is 11.6. The van der Waals surface area contributed by atoms with Gasteiger partial charge in [-0.25, -0.2) is 9.78 Å². The lowest BCUT2D eigenvalue weighted by Gasteiger charge is -2.07. The summed E-state index contributed by atoms with van der Waals surface area (Å²) in [7, 11) is 0. The van der Waals surface area contributed by atoms with Gasteiger partial charge >= 0.3 is 11.8 Å². The number of hydrogen-bond acceptors (Lipinski definition) is 6. The zero-order valence-electron chi connectivity index (χ0n) is 10.6. The first kappa shape index (κ1) is 14.6. The molecule has 0 bridgehead atoms. The van der Waals surface area contributed by atoms with Gasteiger partial charge in [-0.3, -0.25) is 15.4 Å². The molecule has 2 N–H and O–H groups in total. The van der Waals surface area contributed by atoms with E-state index in [0.29, 0.717) is 0 Å². The number of aromatic nitrogens is 2. The number of carbonyl (C=O) groups is 1. The molecule has 2 aromatic rings. The molecule has 0 unspecified atom stereocenters. The molecule has 0 spiro atoms. The summed E-state index contributed by atoms with van der Waals surface area (Å²) < 4.78 is 4.97. The van der Waals surface area contributed by atoms with E-state index in [2.05, 4.69) is 15.3 Å². The highest BCUT2D eigenvalue weighted by Gasteiger charge is 2.17. The van der Waals surface area contributed by atoms with E-state index >= 15 is 0 Å². The second-order valence-corrected chi connectivity index (χ2v) is 4.28. The molecule has 21 heavy (non-hydrogen) atoms. The van der Waals surface area contributed by atoms with Gasteiger partial charge in [-0.05, 0) is 17.8 Å². The van der Waals surface area contributed by atoms with Crippen LogP contribution in [0.2, 0.25) is 0 Å². The lowest BCUT2D eigenvalue weighted by molar-refractivity contribution is -0.384. The van der Waals surface area contributed by atoms with Gasteiger partial charge in [-0.2, -0.15) is 0 Å². The molecule has 0 atom stereocenters. The molecule has 0 radical (unpaired) electrons. The van der Waals surface area contributed by atoms with Gasteiger partial charge < -0.3 is 9.72 Å². The molecule has 2 rings (SSSR count). The maximum absolute atomic E-state index is 11.6. The molecule has 0 aliphatic carbocycles. The third-order valence-electron chi connectivity index (χ3n) is 2.43. The van der Waals surface area contributed by atoms with Gasteiger partial charge in [0, 0.05) is 0 Å². The third-order valence-corrected chi connectivity index (χ3v) is 2.64. The summed E-state index contributed by atoms with van der Waals surface area (Å²) >= 11 is 4.76. The lowest BCUT2D eigenvalue weighted by atomic mass is 10.2. The van der Waals surface area contributed by atoms with E-state index in [1.54, 1.807) is 12.1 Å². The van der Waals surface area contributed by atoms with Crippen molar-refractivity contribution in [3.63, 3.8) is 0 Å². The van der Waals surface area contributed by atoms with Crippen molar-refractivity contribution in [3.8, 4) is 0 Å². The monoisotopic (exact) mass is 306 g/mol. The van der Waals surface area contributed by atoms with Crippen molar-refractivity contribution >= 4 is 29.8 Å². The fraction of sp³-hybridized carbons (Fsp3) is 0.0833.